The van der Waals surface area contributed by atoms with Crippen LogP contribution in [0.3, 0.4) is 0 Å². The van der Waals surface area contributed by atoms with Crippen molar-refractivity contribution < 1.29 is 14.6 Å². The lowest BCUT2D eigenvalue weighted by molar-refractivity contribution is 0.174. The molecule has 3 heterocycles. The Bertz CT molecular complexity index is 1320. The zero-order valence-corrected chi connectivity index (χ0v) is 19.8. The van der Waals surface area contributed by atoms with Crippen molar-refractivity contribution in [2.24, 2.45) is 5.41 Å². The van der Waals surface area contributed by atoms with Crippen molar-refractivity contribution in [1.82, 2.24) is 25.3 Å². The predicted molar refractivity (Wildman–Crippen MR) is 131 cm³/mol. The summed E-state index contributed by atoms with van der Waals surface area (Å²) in [5.41, 5.74) is 4.47. The number of hydrogen-bond acceptors (Lipinski definition) is 6. The summed E-state index contributed by atoms with van der Waals surface area (Å²) >= 11 is 0. The van der Waals surface area contributed by atoms with Gasteiger partial charge in [-0.1, -0.05) is 20.8 Å². The first kappa shape index (κ1) is 23.0. The van der Waals surface area contributed by atoms with Crippen molar-refractivity contribution in [3.8, 4) is 11.5 Å². The molecule has 4 N–H and O–H groups in total. The number of anilines is 2. The number of benzene rings is 1. The summed E-state index contributed by atoms with van der Waals surface area (Å²) in [6.07, 6.45) is 2.10. The van der Waals surface area contributed by atoms with E-state index in [2.05, 4.69) is 30.6 Å². The Morgan fingerprint density at radius 2 is 1.88 bits per heavy atom. The molecule has 4 rings (SSSR count). The summed E-state index contributed by atoms with van der Waals surface area (Å²) in [5.74, 6) is 2.00. The summed E-state index contributed by atoms with van der Waals surface area (Å²) in [5, 5.41) is 15.2. The SMILES string of the molecule is Cc1ccc(Oc2ccc(Nc3ncnc4cc(C(NC(=O)O)C(C)(C)C)[nH]c34)cc2C)cn1. The van der Waals surface area contributed by atoms with Crippen LogP contribution in [0.15, 0.2) is 48.9 Å². The van der Waals surface area contributed by atoms with Crippen molar-refractivity contribution in [3.05, 3.63) is 65.9 Å². The van der Waals surface area contributed by atoms with Crippen LogP contribution < -0.4 is 15.4 Å². The third-order valence-corrected chi connectivity index (χ3v) is 5.43. The first-order valence-corrected chi connectivity index (χ1v) is 10.9. The van der Waals surface area contributed by atoms with E-state index in [9.17, 15) is 9.90 Å². The summed E-state index contributed by atoms with van der Waals surface area (Å²) in [7, 11) is 0. The van der Waals surface area contributed by atoms with Crippen LogP contribution in [0.4, 0.5) is 16.3 Å². The molecule has 4 aromatic rings. The number of H-pyrrole nitrogens is 1. The summed E-state index contributed by atoms with van der Waals surface area (Å²) in [4.78, 5) is 27.7. The lowest BCUT2D eigenvalue weighted by atomic mass is 9.85. The molecule has 0 saturated carbocycles. The monoisotopic (exact) mass is 460 g/mol. The molecule has 176 valence electrons. The third-order valence-electron chi connectivity index (χ3n) is 5.43. The minimum Gasteiger partial charge on any atom is -0.465 e. The molecule has 0 aliphatic carbocycles. The van der Waals surface area contributed by atoms with E-state index >= 15 is 0 Å². The van der Waals surface area contributed by atoms with E-state index in [1.165, 1.54) is 6.33 Å². The van der Waals surface area contributed by atoms with E-state index < -0.39 is 12.1 Å². The molecule has 1 atom stereocenters. The van der Waals surface area contributed by atoms with Crippen molar-refractivity contribution in [1.29, 1.82) is 0 Å². The molecule has 1 amide bonds. The van der Waals surface area contributed by atoms with Gasteiger partial charge in [0.15, 0.2) is 5.82 Å². The molecule has 34 heavy (non-hydrogen) atoms. The lowest BCUT2D eigenvalue weighted by Gasteiger charge is -2.29. The number of fused-ring (bicyclic) bond motifs is 1. The smallest absolute Gasteiger partial charge is 0.405 e. The normalized spacial score (nSPS) is 12.4. The molecule has 9 heteroatoms. The predicted octanol–water partition coefficient (Wildman–Crippen LogP) is 5.86. The van der Waals surface area contributed by atoms with E-state index in [4.69, 9.17) is 4.74 Å². The topological polar surface area (TPSA) is 125 Å². The van der Waals surface area contributed by atoms with Crippen molar-refractivity contribution in [2.75, 3.05) is 5.32 Å². The summed E-state index contributed by atoms with van der Waals surface area (Å²) in [6.45, 7) is 9.82. The van der Waals surface area contributed by atoms with Crippen molar-refractivity contribution in [2.45, 2.75) is 40.7 Å². The minimum atomic E-state index is -1.08. The van der Waals surface area contributed by atoms with Crippen LogP contribution in [-0.2, 0) is 0 Å². The lowest BCUT2D eigenvalue weighted by Crippen LogP contribution is -2.35. The van der Waals surface area contributed by atoms with Gasteiger partial charge >= 0.3 is 6.09 Å². The molecule has 0 saturated heterocycles. The average Bonchev–Trinajstić information content (AvgIpc) is 3.19. The fraction of sp³-hybridized carbons (Fsp3) is 0.280. The van der Waals surface area contributed by atoms with Crippen molar-refractivity contribution in [3.63, 3.8) is 0 Å². The molecule has 0 radical (unpaired) electrons. The van der Waals surface area contributed by atoms with E-state index in [-0.39, 0.29) is 5.41 Å². The molecule has 0 aliphatic rings. The fourth-order valence-corrected chi connectivity index (χ4v) is 3.71. The highest BCUT2D eigenvalue weighted by molar-refractivity contribution is 5.88. The number of hydrogen-bond donors (Lipinski definition) is 4. The maximum atomic E-state index is 11.4. The van der Waals surface area contributed by atoms with Crippen LogP contribution in [0, 0.1) is 19.3 Å². The second-order valence-corrected chi connectivity index (χ2v) is 9.30. The van der Waals surface area contributed by atoms with Gasteiger partial charge in [-0.2, -0.15) is 0 Å². The molecule has 0 aliphatic heterocycles. The van der Waals surface area contributed by atoms with Gasteiger partial charge in [0.25, 0.3) is 0 Å². The number of nitrogens with zero attached hydrogens (tertiary/aromatic N) is 3. The standard InChI is InChI=1S/C25H28N6O3/c1-14-10-16(7-9-20(14)34-17-8-6-15(2)26-12-17)29-23-21-18(27-13-28-23)11-19(30-21)22(25(3,4)5)31-24(32)33/h6-13,22,30-31H,1-5H3,(H,32,33)(H,27,28,29). The van der Waals surface area contributed by atoms with Gasteiger partial charge in [-0.05, 0) is 61.2 Å². The Morgan fingerprint density at radius 1 is 1.09 bits per heavy atom. The Morgan fingerprint density at radius 3 is 2.53 bits per heavy atom. The zero-order chi connectivity index (χ0) is 24.5. The molecule has 1 unspecified atom stereocenters. The second kappa shape index (κ2) is 9.01. The first-order chi connectivity index (χ1) is 16.1. The highest BCUT2D eigenvalue weighted by atomic mass is 16.5. The molecular formula is C25H28N6O3. The number of aromatic amines is 1. The fourth-order valence-electron chi connectivity index (χ4n) is 3.71. The van der Waals surface area contributed by atoms with Gasteiger partial charge in [-0.15, -0.1) is 0 Å². The summed E-state index contributed by atoms with van der Waals surface area (Å²) < 4.78 is 5.96. The number of carbonyl (C=O) groups is 1. The Hall–Kier alpha value is -4.14. The number of ether oxygens (including phenoxy) is 1. The highest BCUT2D eigenvalue weighted by Gasteiger charge is 2.29. The third kappa shape index (κ3) is 5.09. The molecule has 9 nitrogen and oxygen atoms in total. The van der Waals surface area contributed by atoms with E-state index in [1.807, 2.05) is 71.0 Å². The van der Waals surface area contributed by atoms with Crippen LogP contribution in [0.1, 0.15) is 43.8 Å². The highest BCUT2D eigenvalue weighted by Crippen LogP contribution is 2.35. The second-order valence-electron chi connectivity index (χ2n) is 9.30. The van der Waals surface area contributed by atoms with Crippen LogP contribution in [0.25, 0.3) is 11.0 Å². The first-order valence-electron chi connectivity index (χ1n) is 10.9. The van der Waals surface area contributed by atoms with Gasteiger partial charge in [0.05, 0.1) is 17.8 Å². The van der Waals surface area contributed by atoms with Gasteiger partial charge in [0, 0.05) is 17.1 Å². The van der Waals surface area contributed by atoms with Gasteiger partial charge in [0.1, 0.15) is 23.3 Å². The zero-order valence-electron chi connectivity index (χ0n) is 19.8. The molecule has 1 aromatic carbocycles. The van der Waals surface area contributed by atoms with Crippen LogP contribution >= 0.6 is 0 Å². The van der Waals surface area contributed by atoms with Gasteiger partial charge in [-0.25, -0.2) is 14.8 Å². The van der Waals surface area contributed by atoms with Crippen LogP contribution in [0.2, 0.25) is 0 Å². The van der Waals surface area contributed by atoms with E-state index in [1.54, 1.807) is 6.20 Å². The quantitative estimate of drug-likeness (QED) is 0.284. The largest absolute Gasteiger partial charge is 0.465 e. The molecule has 0 fully saturated rings. The molecule has 0 bridgehead atoms. The average molecular weight is 461 g/mol. The maximum absolute atomic E-state index is 11.4. The molecular weight excluding hydrogens is 432 g/mol. The van der Waals surface area contributed by atoms with Gasteiger partial charge in [0.2, 0.25) is 0 Å². The maximum Gasteiger partial charge on any atom is 0.405 e. The minimum absolute atomic E-state index is 0.347. The number of aromatic nitrogens is 4. The Balaban J connectivity index is 1.60. The van der Waals surface area contributed by atoms with Gasteiger partial charge in [-0.3, -0.25) is 4.98 Å². The number of amides is 1. The van der Waals surface area contributed by atoms with E-state index in [0.717, 1.165) is 28.4 Å². The molecule has 3 aromatic heterocycles. The van der Waals surface area contributed by atoms with Crippen LogP contribution in [-0.4, -0.2) is 31.1 Å². The van der Waals surface area contributed by atoms with E-state index in [0.29, 0.717) is 22.6 Å². The van der Waals surface area contributed by atoms with Crippen LogP contribution in [0.5, 0.6) is 11.5 Å². The molecule has 0 spiro atoms. The summed E-state index contributed by atoms with van der Waals surface area (Å²) in [6, 6.07) is 11.0. The number of aryl methyl sites for hydroxylation is 2. The van der Waals surface area contributed by atoms with Crippen molar-refractivity contribution >= 4 is 28.6 Å². The van der Waals surface area contributed by atoms with Gasteiger partial charge < -0.3 is 25.5 Å². The number of carboxylic acid groups (broad SMARTS) is 1. The Kier molecular flexibility index (Phi) is 6.10. The Labute approximate surface area is 197 Å². The number of pyridine rings is 1. The number of nitrogens with one attached hydrogen (secondary N) is 3. The number of rotatable bonds is 6.